The van der Waals surface area contributed by atoms with Crippen LogP contribution in [0.4, 0.5) is 0 Å². The van der Waals surface area contributed by atoms with Crippen LogP contribution >= 0.6 is 11.6 Å². The Balaban J connectivity index is 1.71. The highest BCUT2D eigenvalue weighted by atomic mass is 35.5. The van der Waals surface area contributed by atoms with E-state index in [1.807, 2.05) is 18.2 Å². The van der Waals surface area contributed by atoms with Crippen LogP contribution in [0.3, 0.4) is 0 Å². The van der Waals surface area contributed by atoms with Crippen LogP contribution in [0.1, 0.15) is 23.2 Å². The maximum absolute atomic E-state index is 12.8. The van der Waals surface area contributed by atoms with Crippen molar-refractivity contribution in [1.29, 1.82) is 0 Å². The standard InChI is InChI=1S/C19H20ClNO4S/c1-25-18-8-7-16(13-17(18)20)26(23,24)21-11-9-15(10-12-21)19(22)14-5-3-2-4-6-14/h2-8,13,15H,9-12H2,1H3. The fourth-order valence-corrected chi connectivity index (χ4v) is 4.97. The van der Waals surface area contributed by atoms with Gasteiger partial charge in [0.2, 0.25) is 10.0 Å². The Morgan fingerprint density at radius 3 is 2.35 bits per heavy atom. The minimum Gasteiger partial charge on any atom is -0.495 e. The number of hydrogen-bond acceptors (Lipinski definition) is 4. The Morgan fingerprint density at radius 1 is 1.12 bits per heavy atom. The number of carbonyl (C=O) groups is 1. The van der Waals surface area contributed by atoms with E-state index in [2.05, 4.69) is 0 Å². The highest BCUT2D eigenvalue weighted by Crippen LogP contribution is 2.30. The van der Waals surface area contributed by atoms with Gasteiger partial charge in [-0.25, -0.2) is 8.42 Å². The lowest BCUT2D eigenvalue weighted by Crippen LogP contribution is -2.40. The van der Waals surface area contributed by atoms with Gasteiger partial charge in [-0.1, -0.05) is 41.9 Å². The summed E-state index contributed by atoms with van der Waals surface area (Å²) in [6.45, 7) is 0.629. The van der Waals surface area contributed by atoms with Gasteiger partial charge in [0.25, 0.3) is 0 Å². The minimum atomic E-state index is -3.64. The normalized spacial score (nSPS) is 16.4. The van der Waals surface area contributed by atoms with Gasteiger partial charge in [0.1, 0.15) is 5.75 Å². The molecule has 1 heterocycles. The molecule has 2 aromatic carbocycles. The Bertz CT molecular complexity index is 891. The summed E-state index contributed by atoms with van der Waals surface area (Å²) in [7, 11) is -2.17. The number of piperidine rings is 1. The summed E-state index contributed by atoms with van der Waals surface area (Å²) in [5.41, 5.74) is 0.677. The lowest BCUT2D eigenvalue weighted by atomic mass is 9.90. The van der Waals surface area contributed by atoms with Crippen LogP contribution in [0.15, 0.2) is 53.4 Å². The van der Waals surface area contributed by atoms with Gasteiger partial charge in [-0.15, -0.1) is 0 Å². The first kappa shape index (κ1) is 18.9. The molecule has 0 aromatic heterocycles. The first-order chi connectivity index (χ1) is 12.4. The van der Waals surface area contributed by atoms with Crippen LogP contribution in [0.2, 0.25) is 5.02 Å². The van der Waals surface area contributed by atoms with Gasteiger partial charge < -0.3 is 4.74 Å². The predicted molar refractivity (Wildman–Crippen MR) is 100 cm³/mol. The van der Waals surface area contributed by atoms with E-state index in [4.69, 9.17) is 16.3 Å². The minimum absolute atomic E-state index is 0.0788. The monoisotopic (exact) mass is 393 g/mol. The zero-order valence-electron chi connectivity index (χ0n) is 14.4. The number of halogens is 1. The van der Waals surface area contributed by atoms with Crippen LogP contribution in [0.5, 0.6) is 5.75 Å². The summed E-state index contributed by atoms with van der Waals surface area (Å²) in [6, 6.07) is 13.6. The van der Waals surface area contributed by atoms with E-state index in [1.165, 1.54) is 23.5 Å². The van der Waals surface area contributed by atoms with Gasteiger partial charge in [-0.3, -0.25) is 4.79 Å². The van der Waals surface area contributed by atoms with Gasteiger partial charge in [0, 0.05) is 24.6 Å². The number of benzene rings is 2. The highest BCUT2D eigenvalue weighted by Gasteiger charge is 2.32. The molecule has 1 aliphatic rings. The third-order valence-corrected chi connectivity index (χ3v) is 6.83. The molecule has 0 saturated carbocycles. The number of ketones is 1. The van der Waals surface area contributed by atoms with Crippen LogP contribution in [-0.2, 0) is 10.0 Å². The summed E-state index contributed by atoms with van der Waals surface area (Å²) in [6.07, 6.45) is 1.02. The fraction of sp³-hybridized carbons (Fsp3) is 0.316. The smallest absolute Gasteiger partial charge is 0.243 e. The molecule has 7 heteroatoms. The van der Waals surface area contributed by atoms with Gasteiger partial charge in [-0.2, -0.15) is 4.31 Å². The van der Waals surface area contributed by atoms with Crippen molar-refractivity contribution in [3.05, 3.63) is 59.1 Å². The zero-order valence-corrected chi connectivity index (χ0v) is 16.0. The van der Waals surface area contributed by atoms with Crippen molar-refractivity contribution in [3.8, 4) is 5.75 Å². The Labute approximate surface area is 158 Å². The van der Waals surface area contributed by atoms with E-state index < -0.39 is 10.0 Å². The molecule has 1 fully saturated rings. The summed E-state index contributed by atoms with van der Waals surface area (Å²) in [5, 5.41) is 0.253. The molecule has 1 aliphatic heterocycles. The average Bonchev–Trinajstić information content (AvgIpc) is 2.68. The largest absolute Gasteiger partial charge is 0.495 e. The molecule has 3 rings (SSSR count). The number of ether oxygens (including phenoxy) is 1. The summed E-state index contributed by atoms with van der Waals surface area (Å²) in [5.74, 6) is 0.358. The summed E-state index contributed by atoms with van der Waals surface area (Å²) < 4.78 is 32.1. The molecule has 2 aromatic rings. The molecule has 26 heavy (non-hydrogen) atoms. The maximum atomic E-state index is 12.8. The van der Waals surface area contributed by atoms with Crippen LogP contribution in [-0.4, -0.2) is 38.7 Å². The molecule has 0 unspecified atom stereocenters. The molecule has 0 atom stereocenters. The van der Waals surface area contributed by atoms with Gasteiger partial charge >= 0.3 is 0 Å². The topological polar surface area (TPSA) is 63.7 Å². The predicted octanol–water partition coefficient (Wildman–Crippen LogP) is 3.63. The molecule has 1 saturated heterocycles. The lowest BCUT2D eigenvalue weighted by molar-refractivity contribution is 0.0875. The van der Waals surface area contributed by atoms with E-state index in [1.54, 1.807) is 18.2 Å². The van der Waals surface area contributed by atoms with E-state index >= 15 is 0 Å². The van der Waals surface area contributed by atoms with Crippen LogP contribution in [0.25, 0.3) is 0 Å². The second-order valence-electron chi connectivity index (χ2n) is 6.20. The van der Waals surface area contributed by atoms with E-state index in [-0.39, 0.29) is 21.6 Å². The van der Waals surface area contributed by atoms with E-state index in [0.717, 1.165) is 0 Å². The molecule has 0 radical (unpaired) electrons. The quantitative estimate of drug-likeness (QED) is 0.727. The van der Waals surface area contributed by atoms with Gasteiger partial charge in [0.05, 0.1) is 17.0 Å². The second kappa shape index (κ2) is 7.78. The number of methoxy groups -OCH3 is 1. The summed E-state index contributed by atoms with van der Waals surface area (Å²) >= 11 is 6.05. The number of sulfonamides is 1. The first-order valence-electron chi connectivity index (χ1n) is 8.36. The van der Waals surface area contributed by atoms with Crippen molar-refractivity contribution in [1.82, 2.24) is 4.31 Å². The maximum Gasteiger partial charge on any atom is 0.243 e. The zero-order chi connectivity index (χ0) is 18.7. The van der Waals surface area contributed by atoms with Gasteiger partial charge in [0.15, 0.2) is 5.78 Å². The molecular formula is C19H20ClNO4S. The van der Waals surface area contributed by atoms with Crippen molar-refractivity contribution >= 4 is 27.4 Å². The Morgan fingerprint density at radius 2 is 1.77 bits per heavy atom. The molecule has 0 spiro atoms. The average molecular weight is 394 g/mol. The molecule has 0 amide bonds. The Kier molecular flexibility index (Phi) is 5.65. The third kappa shape index (κ3) is 3.77. The number of carbonyl (C=O) groups excluding carboxylic acids is 1. The van der Waals surface area contributed by atoms with Crippen molar-refractivity contribution < 1.29 is 17.9 Å². The van der Waals surface area contributed by atoms with Crippen molar-refractivity contribution in [3.63, 3.8) is 0 Å². The number of hydrogen-bond donors (Lipinski definition) is 0. The van der Waals surface area contributed by atoms with Gasteiger partial charge in [-0.05, 0) is 31.0 Å². The summed E-state index contributed by atoms with van der Waals surface area (Å²) in [4.78, 5) is 12.7. The molecule has 0 aliphatic carbocycles. The van der Waals surface area contributed by atoms with Crippen LogP contribution in [0, 0.1) is 5.92 Å². The molecule has 0 N–H and O–H groups in total. The number of rotatable bonds is 5. The number of Topliss-reactive ketones (excluding diaryl/α,β-unsaturated/α-hetero) is 1. The first-order valence-corrected chi connectivity index (χ1v) is 10.2. The Hall–Kier alpha value is -1.89. The van der Waals surface area contributed by atoms with E-state index in [0.29, 0.717) is 37.2 Å². The van der Waals surface area contributed by atoms with Crippen molar-refractivity contribution in [2.75, 3.05) is 20.2 Å². The van der Waals surface area contributed by atoms with Crippen molar-refractivity contribution in [2.45, 2.75) is 17.7 Å². The molecule has 5 nitrogen and oxygen atoms in total. The molecule has 0 bridgehead atoms. The van der Waals surface area contributed by atoms with Crippen LogP contribution < -0.4 is 4.74 Å². The van der Waals surface area contributed by atoms with Crippen molar-refractivity contribution in [2.24, 2.45) is 5.92 Å². The fourth-order valence-electron chi connectivity index (χ4n) is 3.15. The third-order valence-electron chi connectivity index (χ3n) is 4.64. The molecular weight excluding hydrogens is 374 g/mol. The van der Waals surface area contributed by atoms with E-state index in [9.17, 15) is 13.2 Å². The highest BCUT2D eigenvalue weighted by molar-refractivity contribution is 7.89. The lowest BCUT2D eigenvalue weighted by Gasteiger charge is -2.30. The SMILES string of the molecule is COc1ccc(S(=O)(=O)N2CCC(C(=O)c3ccccc3)CC2)cc1Cl. The number of nitrogens with zero attached hydrogens (tertiary/aromatic N) is 1. The second-order valence-corrected chi connectivity index (χ2v) is 8.55. The molecule has 138 valence electrons.